The van der Waals surface area contributed by atoms with E-state index in [2.05, 4.69) is 14.9 Å². The van der Waals surface area contributed by atoms with Gasteiger partial charge in [0.1, 0.15) is 5.82 Å². The lowest BCUT2D eigenvalue weighted by Gasteiger charge is -2.29. The first-order valence-electron chi connectivity index (χ1n) is 5.98. The molecule has 0 bridgehead atoms. The van der Waals surface area contributed by atoms with E-state index < -0.39 is 5.97 Å². The molecule has 2 aliphatic rings. The predicted molar refractivity (Wildman–Crippen MR) is 69.4 cm³/mol. The summed E-state index contributed by atoms with van der Waals surface area (Å²) in [5.41, 5.74) is 1.77. The molecular weight excluding hydrogens is 270 g/mol. The maximum absolute atomic E-state index is 11.1. The Hall–Kier alpha value is -1.66. The zero-order valence-corrected chi connectivity index (χ0v) is 10.9. The minimum atomic E-state index is -0.929. The van der Waals surface area contributed by atoms with Crippen LogP contribution in [0, 0.1) is 0 Å². The molecule has 100 valence electrons. The van der Waals surface area contributed by atoms with Gasteiger partial charge in [-0.3, -0.25) is 0 Å². The number of carboxylic acids is 1. The highest BCUT2D eigenvalue weighted by Crippen LogP contribution is 2.32. The SMILES string of the molecule is O=C(O)C1=Cc2nc(Cl)nc(N3CCOCC3)c2C1. The fourth-order valence-electron chi connectivity index (χ4n) is 2.33. The molecule has 0 amide bonds. The topological polar surface area (TPSA) is 75.5 Å². The van der Waals surface area contributed by atoms with E-state index in [1.165, 1.54) is 0 Å². The van der Waals surface area contributed by atoms with Gasteiger partial charge in [0, 0.05) is 30.6 Å². The average Bonchev–Trinajstić information content (AvgIpc) is 2.82. The van der Waals surface area contributed by atoms with Crippen LogP contribution < -0.4 is 4.90 Å². The van der Waals surface area contributed by atoms with Crippen LogP contribution >= 0.6 is 11.6 Å². The van der Waals surface area contributed by atoms with Gasteiger partial charge in [0.2, 0.25) is 5.28 Å². The highest BCUT2D eigenvalue weighted by molar-refractivity contribution is 6.28. The molecule has 0 unspecified atom stereocenters. The Morgan fingerprint density at radius 1 is 1.37 bits per heavy atom. The summed E-state index contributed by atoms with van der Waals surface area (Å²) in [7, 11) is 0. The van der Waals surface area contributed by atoms with E-state index in [1.54, 1.807) is 6.08 Å². The summed E-state index contributed by atoms with van der Waals surface area (Å²) in [5.74, 6) is -0.201. The number of hydrogen-bond acceptors (Lipinski definition) is 5. The Balaban J connectivity index is 1.99. The van der Waals surface area contributed by atoms with Crippen LogP contribution in [-0.2, 0) is 16.0 Å². The van der Waals surface area contributed by atoms with Crippen LogP contribution in [0.5, 0.6) is 0 Å². The van der Waals surface area contributed by atoms with Crippen LogP contribution in [0.2, 0.25) is 5.28 Å². The van der Waals surface area contributed by atoms with Crippen LogP contribution in [0.15, 0.2) is 5.57 Å². The van der Waals surface area contributed by atoms with Crippen molar-refractivity contribution in [2.24, 2.45) is 0 Å². The number of nitrogens with zero attached hydrogens (tertiary/aromatic N) is 3. The van der Waals surface area contributed by atoms with Crippen molar-refractivity contribution in [3.05, 3.63) is 22.1 Å². The molecular formula is C12H12ClN3O3. The number of halogens is 1. The standard InChI is InChI=1S/C12H12ClN3O3/c13-12-14-9-6-7(11(17)18)5-8(9)10(15-12)16-1-3-19-4-2-16/h6H,1-5H2,(H,17,18). The fourth-order valence-corrected chi connectivity index (χ4v) is 2.50. The van der Waals surface area contributed by atoms with Gasteiger partial charge < -0.3 is 14.7 Å². The first-order chi connectivity index (χ1) is 9.15. The van der Waals surface area contributed by atoms with E-state index in [0.717, 1.165) is 24.5 Å². The quantitative estimate of drug-likeness (QED) is 0.815. The zero-order chi connectivity index (χ0) is 13.4. The number of carbonyl (C=O) groups is 1. The number of fused-ring (bicyclic) bond motifs is 1. The fraction of sp³-hybridized carbons (Fsp3) is 0.417. The van der Waals surface area contributed by atoms with Crippen molar-refractivity contribution in [2.45, 2.75) is 6.42 Å². The zero-order valence-electron chi connectivity index (χ0n) is 10.1. The van der Waals surface area contributed by atoms with Gasteiger partial charge in [-0.15, -0.1) is 0 Å². The monoisotopic (exact) mass is 281 g/mol. The lowest BCUT2D eigenvalue weighted by atomic mass is 10.1. The van der Waals surface area contributed by atoms with Gasteiger partial charge in [-0.25, -0.2) is 14.8 Å². The van der Waals surface area contributed by atoms with Gasteiger partial charge >= 0.3 is 5.97 Å². The van der Waals surface area contributed by atoms with Crippen LogP contribution in [0.3, 0.4) is 0 Å². The minimum absolute atomic E-state index is 0.142. The number of ether oxygens (including phenoxy) is 1. The molecule has 1 saturated heterocycles. The van der Waals surface area contributed by atoms with Crippen molar-refractivity contribution in [1.29, 1.82) is 0 Å². The van der Waals surface area contributed by atoms with Gasteiger partial charge in [0.15, 0.2) is 0 Å². The highest BCUT2D eigenvalue weighted by Gasteiger charge is 2.26. The smallest absolute Gasteiger partial charge is 0.331 e. The van der Waals surface area contributed by atoms with E-state index in [9.17, 15) is 4.79 Å². The summed E-state index contributed by atoms with van der Waals surface area (Å²) >= 11 is 5.92. The maximum atomic E-state index is 11.1. The Labute approximate surface area is 114 Å². The molecule has 1 N–H and O–H groups in total. The normalized spacial score (nSPS) is 18.2. The van der Waals surface area contributed by atoms with Crippen molar-refractivity contribution in [3.63, 3.8) is 0 Å². The summed E-state index contributed by atoms with van der Waals surface area (Å²) in [6, 6.07) is 0. The molecule has 1 aromatic heterocycles. The molecule has 3 rings (SSSR count). The molecule has 0 radical (unpaired) electrons. The second-order valence-corrected chi connectivity index (χ2v) is 4.77. The molecule has 1 fully saturated rings. The van der Waals surface area contributed by atoms with E-state index in [4.69, 9.17) is 21.4 Å². The Bertz CT molecular complexity index is 568. The summed E-state index contributed by atoms with van der Waals surface area (Å²) in [5, 5.41) is 9.21. The third kappa shape index (κ3) is 2.29. The molecule has 19 heavy (non-hydrogen) atoms. The summed E-state index contributed by atoms with van der Waals surface area (Å²) in [6.07, 6.45) is 1.91. The van der Waals surface area contributed by atoms with Crippen LogP contribution in [0.25, 0.3) is 6.08 Å². The van der Waals surface area contributed by atoms with Gasteiger partial charge in [-0.2, -0.15) is 0 Å². The second-order valence-electron chi connectivity index (χ2n) is 4.43. The van der Waals surface area contributed by atoms with Crippen molar-refractivity contribution < 1.29 is 14.6 Å². The highest BCUT2D eigenvalue weighted by atomic mass is 35.5. The molecule has 0 atom stereocenters. The van der Waals surface area contributed by atoms with Crippen LogP contribution in [-0.4, -0.2) is 47.3 Å². The Kier molecular flexibility index (Phi) is 3.12. The van der Waals surface area contributed by atoms with Crippen LogP contribution in [0.4, 0.5) is 5.82 Å². The predicted octanol–water partition coefficient (Wildman–Crippen LogP) is 0.991. The summed E-state index contributed by atoms with van der Waals surface area (Å²) < 4.78 is 5.30. The van der Waals surface area contributed by atoms with Crippen molar-refractivity contribution >= 4 is 29.5 Å². The van der Waals surface area contributed by atoms with Crippen LogP contribution in [0.1, 0.15) is 11.3 Å². The molecule has 0 saturated carbocycles. The first-order valence-corrected chi connectivity index (χ1v) is 6.36. The molecule has 1 aromatic rings. The molecule has 1 aliphatic carbocycles. The number of carboxylic acid groups (broad SMARTS) is 1. The average molecular weight is 282 g/mol. The maximum Gasteiger partial charge on any atom is 0.331 e. The molecule has 0 spiro atoms. The number of morpholine rings is 1. The molecule has 2 heterocycles. The van der Waals surface area contributed by atoms with E-state index in [0.29, 0.717) is 30.9 Å². The Morgan fingerprint density at radius 3 is 2.79 bits per heavy atom. The number of rotatable bonds is 2. The molecule has 0 aromatic carbocycles. The Morgan fingerprint density at radius 2 is 2.11 bits per heavy atom. The number of aliphatic carboxylic acids is 1. The minimum Gasteiger partial charge on any atom is -0.478 e. The first kappa shape index (κ1) is 12.4. The van der Waals surface area contributed by atoms with Crippen molar-refractivity contribution in [2.75, 3.05) is 31.2 Å². The summed E-state index contributed by atoms with van der Waals surface area (Å²) in [4.78, 5) is 21.5. The van der Waals surface area contributed by atoms with Gasteiger partial charge in [-0.1, -0.05) is 0 Å². The van der Waals surface area contributed by atoms with Gasteiger partial charge in [0.05, 0.1) is 18.9 Å². The lowest BCUT2D eigenvalue weighted by Crippen LogP contribution is -2.37. The molecule has 6 nitrogen and oxygen atoms in total. The third-order valence-corrected chi connectivity index (χ3v) is 3.42. The summed E-state index contributed by atoms with van der Waals surface area (Å²) in [6.45, 7) is 2.72. The van der Waals surface area contributed by atoms with Crippen molar-refractivity contribution in [3.8, 4) is 0 Å². The number of aromatic nitrogens is 2. The van der Waals surface area contributed by atoms with Gasteiger partial charge in [-0.05, 0) is 17.7 Å². The molecule has 7 heteroatoms. The number of hydrogen-bond donors (Lipinski definition) is 1. The second kappa shape index (κ2) is 4.79. The number of anilines is 1. The molecule has 1 aliphatic heterocycles. The van der Waals surface area contributed by atoms with E-state index in [1.807, 2.05) is 0 Å². The largest absolute Gasteiger partial charge is 0.478 e. The van der Waals surface area contributed by atoms with Crippen molar-refractivity contribution in [1.82, 2.24) is 9.97 Å². The third-order valence-electron chi connectivity index (χ3n) is 3.25. The van der Waals surface area contributed by atoms with Gasteiger partial charge in [0.25, 0.3) is 0 Å². The van der Waals surface area contributed by atoms with E-state index in [-0.39, 0.29) is 5.28 Å². The lowest BCUT2D eigenvalue weighted by molar-refractivity contribution is -0.132. The van der Waals surface area contributed by atoms with E-state index >= 15 is 0 Å².